The van der Waals surface area contributed by atoms with E-state index < -0.39 is 0 Å². The van der Waals surface area contributed by atoms with Crippen molar-refractivity contribution in [1.82, 2.24) is 0 Å². The van der Waals surface area contributed by atoms with Gasteiger partial charge in [-0.05, 0) is 36.8 Å². The fraction of sp³-hybridized carbons (Fsp3) is 0.250. The van der Waals surface area contributed by atoms with Gasteiger partial charge in [0.1, 0.15) is 11.7 Å². The maximum Gasteiger partial charge on any atom is 0.262 e. The summed E-state index contributed by atoms with van der Waals surface area (Å²) in [6.45, 7) is 3.85. The monoisotopic (exact) mass is 339 g/mol. The normalized spacial score (nSPS) is 11.5. The van der Waals surface area contributed by atoms with E-state index in [0.717, 1.165) is 12.2 Å². The number of anilines is 1. The first-order chi connectivity index (χ1) is 11.7. The SMILES string of the molecule is CCN(CCO)c1ccc(/C=C/c2sc3ccccc3[n+]2C)cc1. The van der Waals surface area contributed by atoms with Crippen molar-refractivity contribution in [3.8, 4) is 0 Å². The molecule has 0 fully saturated rings. The molecule has 0 amide bonds. The van der Waals surface area contributed by atoms with Crippen LogP contribution in [0.3, 0.4) is 0 Å². The van der Waals surface area contributed by atoms with Crippen LogP contribution in [-0.2, 0) is 7.05 Å². The summed E-state index contributed by atoms with van der Waals surface area (Å²) in [7, 11) is 2.11. The Morgan fingerprint density at radius 2 is 1.83 bits per heavy atom. The summed E-state index contributed by atoms with van der Waals surface area (Å²) in [6.07, 6.45) is 4.32. The molecule has 0 saturated heterocycles. The Kier molecular flexibility index (Phi) is 5.28. The predicted octanol–water partition coefficient (Wildman–Crippen LogP) is 3.71. The third-order valence-electron chi connectivity index (χ3n) is 4.20. The molecule has 0 spiro atoms. The van der Waals surface area contributed by atoms with Crippen LogP contribution >= 0.6 is 11.3 Å². The van der Waals surface area contributed by atoms with Gasteiger partial charge in [-0.2, -0.15) is 4.57 Å². The van der Waals surface area contributed by atoms with Crippen LogP contribution in [0.5, 0.6) is 0 Å². The van der Waals surface area contributed by atoms with Gasteiger partial charge in [-0.15, -0.1) is 0 Å². The molecule has 4 heteroatoms. The lowest BCUT2D eigenvalue weighted by atomic mass is 10.2. The lowest BCUT2D eigenvalue weighted by molar-refractivity contribution is -0.642. The molecule has 0 aliphatic rings. The Hall–Kier alpha value is -2.17. The molecule has 24 heavy (non-hydrogen) atoms. The first-order valence-corrected chi connectivity index (χ1v) is 9.06. The number of hydrogen-bond donors (Lipinski definition) is 1. The highest BCUT2D eigenvalue weighted by atomic mass is 32.1. The van der Waals surface area contributed by atoms with Crippen LogP contribution in [0.4, 0.5) is 5.69 Å². The molecule has 3 nitrogen and oxygen atoms in total. The number of hydrogen-bond acceptors (Lipinski definition) is 3. The molecule has 124 valence electrons. The fourth-order valence-electron chi connectivity index (χ4n) is 2.82. The molecule has 1 heterocycles. The molecule has 1 N–H and O–H groups in total. The predicted molar refractivity (Wildman–Crippen MR) is 103 cm³/mol. The van der Waals surface area contributed by atoms with Gasteiger partial charge in [0.25, 0.3) is 5.01 Å². The summed E-state index contributed by atoms with van der Waals surface area (Å²) in [5.74, 6) is 0. The molecule has 0 radical (unpaired) electrons. The quantitative estimate of drug-likeness (QED) is 0.693. The van der Waals surface area contributed by atoms with Gasteiger partial charge < -0.3 is 10.0 Å². The van der Waals surface area contributed by atoms with E-state index in [2.05, 4.69) is 84.1 Å². The molecule has 0 aliphatic heterocycles. The van der Waals surface area contributed by atoms with Crippen molar-refractivity contribution in [2.45, 2.75) is 6.92 Å². The van der Waals surface area contributed by atoms with Crippen molar-refractivity contribution in [3.63, 3.8) is 0 Å². The molecule has 1 aromatic heterocycles. The Morgan fingerprint density at radius 3 is 2.50 bits per heavy atom. The zero-order chi connectivity index (χ0) is 16.9. The summed E-state index contributed by atoms with van der Waals surface area (Å²) in [5.41, 5.74) is 3.59. The minimum atomic E-state index is 0.179. The number of rotatable bonds is 6. The van der Waals surface area contributed by atoms with Crippen LogP contribution in [0.15, 0.2) is 48.5 Å². The number of thiazole rings is 1. The number of para-hydroxylation sites is 1. The summed E-state index contributed by atoms with van der Waals surface area (Å²) in [5, 5.41) is 10.4. The number of nitrogens with zero attached hydrogens (tertiary/aromatic N) is 2. The Labute approximate surface area is 147 Å². The van der Waals surface area contributed by atoms with E-state index in [0.29, 0.717) is 6.54 Å². The van der Waals surface area contributed by atoms with E-state index in [9.17, 15) is 0 Å². The van der Waals surface area contributed by atoms with E-state index in [-0.39, 0.29) is 6.61 Å². The second kappa shape index (κ2) is 7.60. The van der Waals surface area contributed by atoms with Gasteiger partial charge in [0, 0.05) is 30.9 Å². The number of likely N-dealkylation sites (N-methyl/N-ethyl adjacent to an activating group) is 1. The molecule has 3 rings (SSSR count). The Bertz CT molecular complexity index is 836. The minimum Gasteiger partial charge on any atom is -0.395 e. The van der Waals surface area contributed by atoms with E-state index in [1.807, 2.05) is 0 Å². The first-order valence-electron chi connectivity index (χ1n) is 8.24. The zero-order valence-corrected chi connectivity index (χ0v) is 15.0. The van der Waals surface area contributed by atoms with Crippen molar-refractivity contribution in [2.75, 3.05) is 24.6 Å². The Balaban J connectivity index is 1.80. The molecular formula is C20H23N2OS+. The number of fused-ring (bicyclic) bond motifs is 1. The maximum atomic E-state index is 9.13. The van der Waals surface area contributed by atoms with Crippen molar-refractivity contribution in [1.29, 1.82) is 0 Å². The number of aliphatic hydroxyl groups is 1. The lowest BCUT2D eigenvalue weighted by Gasteiger charge is -2.21. The first kappa shape index (κ1) is 16.7. The smallest absolute Gasteiger partial charge is 0.262 e. The van der Waals surface area contributed by atoms with E-state index in [1.54, 1.807) is 11.3 Å². The molecule has 0 bridgehead atoms. The summed E-state index contributed by atoms with van der Waals surface area (Å²) in [4.78, 5) is 2.17. The maximum absolute atomic E-state index is 9.13. The largest absolute Gasteiger partial charge is 0.395 e. The van der Waals surface area contributed by atoms with Crippen molar-refractivity contribution >= 4 is 39.4 Å². The highest BCUT2D eigenvalue weighted by Gasteiger charge is 2.13. The van der Waals surface area contributed by atoms with Crippen LogP contribution in [0.25, 0.3) is 22.4 Å². The summed E-state index contributed by atoms with van der Waals surface area (Å²) < 4.78 is 3.53. The van der Waals surface area contributed by atoms with Gasteiger partial charge in [0.2, 0.25) is 5.52 Å². The highest BCUT2D eigenvalue weighted by Crippen LogP contribution is 2.22. The Morgan fingerprint density at radius 1 is 1.08 bits per heavy atom. The summed E-state index contributed by atoms with van der Waals surface area (Å²) >= 11 is 1.80. The molecule has 0 atom stereocenters. The van der Waals surface area contributed by atoms with Crippen LogP contribution in [-0.4, -0.2) is 24.8 Å². The second-order valence-corrected chi connectivity index (χ2v) is 6.76. The van der Waals surface area contributed by atoms with Gasteiger partial charge in [0.15, 0.2) is 0 Å². The number of benzene rings is 2. The minimum absolute atomic E-state index is 0.179. The van der Waals surface area contributed by atoms with E-state index in [1.165, 1.54) is 20.8 Å². The zero-order valence-electron chi connectivity index (χ0n) is 14.1. The van der Waals surface area contributed by atoms with Crippen LogP contribution in [0, 0.1) is 0 Å². The fourth-order valence-corrected chi connectivity index (χ4v) is 3.87. The van der Waals surface area contributed by atoms with Crippen LogP contribution in [0.1, 0.15) is 17.5 Å². The van der Waals surface area contributed by atoms with Crippen molar-refractivity contribution in [2.24, 2.45) is 7.05 Å². The molecule has 2 aromatic carbocycles. The van der Waals surface area contributed by atoms with Crippen molar-refractivity contribution < 1.29 is 9.67 Å². The second-order valence-electron chi connectivity index (χ2n) is 5.70. The third-order valence-corrected chi connectivity index (χ3v) is 5.38. The number of aromatic nitrogens is 1. The van der Waals surface area contributed by atoms with Crippen LogP contribution in [0.2, 0.25) is 0 Å². The van der Waals surface area contributed by atoms with Crippen molar-refractivity contribution in [3.05, 3.63) is 59.1 Å². The van der Waals surface area contributed by atoms with Gasteiger partial charge in [-0.3, -0.25) is 0 Å². The van der Waals surface area contributed by atoms with Crippen LogP contribution < -0.4 is 9.47 Å². The standard InChI is InChI=1S/C20H23N2OS/c1-3-22(14-15-23)17-11-8-16(9-12-17)10-13-20-21(2)18-6-4-5-7-19(18)24-20/h4-13,23H,3,14-15H2,1-2H3/q+1. The van der Waals surface area contributed by atoms with Gasteiger partial charge in [-0.25, -0.2) is 0 Å². The molecule has 0 aliphatic carbocycles. The van der Waals surface area contributed by atoms with Gasteiger partial charge >= 0.3 is 0 Å². The van der Waals surface area contributed by atoms with E-state index >= 15 is 0 Å². The van der Waals surface area contributed by atoms with Gasteiger partial charge in [-0.1, -0.05) is 35.6 Å². The average Bonchev–Trinajstić information content (AvgIpc) is 2.95. The third kappa shape index (κ3) is 3.50. The average molecular weight is 339 g/mol. The summed E-state index contributed by atoms with van der Waals surface area (Å²) in [6, 6.07) is 16.9. The molecular weight excluding hydrogens is 316 g/mol. The topological polar surface area (TPSA) is 27.3 Å². The molecule has 3 aromatic rings. The number of aliphatic hydroxyl groups excluding tert-OH is 1. The molecule has 0 saturated carbocycles. The van der Waals surface area contributed by atoms with Gasteiger partial charge in [0.05, 0.1) is 6.61 Å². The highest BCUT2D eigenvalue weighted by molar-refractivity contribution is 7.18. The number of aryl methyl sites for hydroxylation is 1. The molecule has 0 unspecified atom stereocenters. The van der Waals surface area contributed by atoms with E-state index in [4.69, 9.17) is 5.11 Å². The lowest BCUT2D eigenvalue weighted by Crippen LogP contribution is -2.28.